The summed E-state index contributed by atoms with van der Waals surface area (Å²) in [7, 11) is 0. The van der Waals surface area contributed by atoms with Crippen LogP contribution in [-0.4, -0.2) is 6.61 Å². The number of hydrogen-bond acceptors (Lipinski definition) is 2. The Balaban J connectivity index is 3.02. The van der Waals surface area contributed by atoms with E-state index >= 15 is 0 Å². The average molecular weight is 305 g/mol. The highest BCUT2D eigenvalue weighted by atomic mass is 127. The minimum atomic E-state index is 0.0752. The summed E-state index contributed by atoms with van der Waals surface area (Å²) in [5.74, 6) is 0.919. The van der Waals surface area contributed by atoms with Crippen LogP contribution in [0.2, 0.25) is 0 Å². The smallest absolute Gasteiger partial charge is 0.124 e. The lowest BCUT2D eigenvalue weighted by atomic mass is 10.0. The highest BCUT2D eigenvalue weighted by Gasteiger charge is 2.10. The molecule has 0 bridgehead atoms. The van der Waals surface area contributed by atoms with E-state index in [1.165, 1.54) is 3.57 Å². The number of ether oxygens (including phenoxy) is 1. The van der Waals surface area contributed by atoms with Gasteiger partial charge in [0.2, 0.25) is 0 Å². The molecule has 0 spiro atoms. The Morgan fingerprint density at radius 1 is 1.43 bits per heavy atom. The summed E-state index contributed by atoms with van der Waals surface area (Å²) >= 11 is 2.29. The molecular weight excluding hydrogens is 289 g/mol. The van der Waals surface area contributed by atoms with E-state index in [9.17, 15) is 0 Å². The summed E-state index contributed by atoms with van der Waals surface area (Å²) in [4.78, 5) is 0. The van der Waals surface area contributed by atoms with Crippen LogP contribution in [0.15, 0.2) is 18.2 Å². The van der Waals surface area contributed by atoms with Crippen LogP contribution >= 0.6 is 22.6 Å². The van der Waals surface area contributed by atoms with Gasteiger partial charge in [0.25, 0.3) is 0 Å². The molecule has 0 saturated carbocycles. The zero-order valence-corrected chi connectivity index (χ0v) is 10.7. The first kappa shape index (κ1) is 11.8. The number of rotatable bonds is 4. The van der Waals surface area contributed by atoms with E-state index in [1.807, 2.05) is 19.1 Å². The summed E-state index contributed by atoms with van der Waals surface area (Å²) in [5.41, 5.74) is 7.12. The Morgan fingerprint density at radius 3 is 2.71 bits per heavy atom. The van der Waals surface area contributed by atoms with Crippen LogP contribution in [0.1, 0.15) is 31.9 Å². The Kier molecular flexibility index (Phi) is 4.68. The van der Waals surface area contributed by atoms with Gasteiger partial charge in [-0.2, -0.15) is 0 Å². The van der Waals surface area contributed by atoms with Crippen LogP contribution in [0, 0.1) is 3.57 Å². The van der Waals surface area contributed by atoms with Gasteiger partial charge in [0.15, 0.2) is 0 Å². The van der Waals surface area contributed by atoms with Gasteiger partial charge in [0.05, 0.1) is 6.61 Å². The van der Waals surface area contributed by atoms with Crippen molar-refractivity contribution in [3.8, 4) is 5.75 Å². The maximum absolute atomic E-state index is 6.01. The van der Waals surface area contributed by atoms with Crippen molar-refractivity contribution in [1.82, 2.24) is 0 Å². The highest BCUT2D eigenvalue weighted by molar-refractivity contribution is 14.1. The van der Waals surface area contributed by atoms with Crippen LogP contribution in [0.5, 0.6) is 5.75 Å². The third-order valence-corrected chi connectivity index (χ3v) is 2.78. The van der Waals surface area contributed by atoms with E-state index in [-0.39, 0.29) is 6.04 Å². The minimum absolute atomic E-state index is 0.0752. The largest absolute Gasteiger partial charge is 0.494 e. The lowest BCUT2D eigenvalue weighted by molar-refractivity contribution is 0.333. The van der Waals surface area contributed by atoms with Gasteiger partial charge >= 0.3 is 0 Å². The van der Waals surface area contributed by atoms with E-state index in [0.29, 0.717) is 6.61 Å². The molecule has 0 amide bonds. The monoisotopic (exact) mass is 305 g/mol. The number of nitrogens with two attached hydrogens (primary N) is 1. The standard InChI is InChI=1S/C11H16INO/c1-3-10(13)9-7-8(12)5-6-11(9)14-4-2/h5-7,10H,3-4,13H2,1-2H3. The van der Waals surface area contributed by atoms with Gasteiger partial charge in [-0.15, -0.1) is 0 Å². The molecule has 3 heteroatoms. The normalized spacial score (nSPS) is 12.6. The molecule has 1 aromatic rings. The summed E-state index contributed by atoms with van der Waals surface area (Å²) < 4.78 is 6.73. The predicted molar refractivity (Wildman–Crippen MR) is 67.5 cm³/mol. The Morgan fingerprint density at radius 2 is 2.14 bits per heavy atom. The van der Waals surface area contributed by atoms with E-state index < -0.39 is 0 Å². The quantitative estimate of drug-likeness (QED) is 0.868. The van der Waals surface area contributed by atoms with E-state index in [2.05, 4.69) is 35.6 Å². The fourth-order valence-corrected chi connectivity index (χ4v) is 1.83. The van der Waals surface area contributed by atoms with Gasteiger partial charge in [-0.1, -0.05) is 6.92 Å². The molecular formula is C11H16INO. The predicted octanol–water partition coefficient (Wildman–Crippen LogP) is 3.10. The van der Waals surface area contributed by atoms with Crippen molar-refractivity contribution in [2.45, 2.75) is 26.3 Å². The maximum Gasteiger partial charge on any atom is 0.124 e. The molecule has 0 fully saturated rings. The van der Waals surface area contributed by atoms with Crippen LogP contribution < -0.4 is 10.5 Å². The molecule has 0 heterocycles. The first-order valence-corrected chi connectivity index (χ1v) is 5.94. The second kappa shape index (κ2) is 5.56. The summed E-state index contributed by atoms with van der Waals surface area (Å²) in [6.07, 6.45) is 0.931. The van der Waals surface area contributed by atoms with Gasteiger partial charge in [-0.3, -0.25) is 0 Å². The van der Waals surface area contributed by atoms with Crippen molar-refractivity contribution < 1.29 is 4.74 Å². The summed E-state index contributed by atoms with van der Waals surface area (Å²) in [6, 6.07) is 6.21. The van der Waals surface area contributed by atoms with Gasteiger partial charge in [0.1, 0.15) is 5.75 Å². The first-order valence-electron chi connectivity index (χ1n) is 4.86. The molecule has 2 nitrogen and oxygen atoms in total. The number of hydrogen-bond donors (Lipinski definition) is 1. The van der Waals surface area contributed by atoms with Crippen LogP contribution in [0.3, 0.4) is 0 Å². The second-order valence-corrected chi connectivity index (χ2v) is 4.38. The summed E-state index contributed by atoms with van der Waals surface area (Å²) in [5, 5.41) is 0. The first-order chi connectivity index (χ1) is 6.69. The molecule has 0 saturated heterocycles. The Bertz CT molecular complexity index is 301. The molecule has 0 aliphatic heterocycles. The molecule has 78 valence electrons. The topological polar surface area (TPSA) is 35.2 Å². The van der Waals surface area contributed by atoms with Gasteiger partial charge in [0, 0.05) is 15.2 Å². The van der Waals surface area contributed by atoms with Crippen molar-refractivity contribution in [2.24, 2.45) is 5.73 Å². The van der Waals surface area contributed by atoms with E-state index in [1.54, 1.807) is 0 Å². The Labute approximate surface area is 99.0 Å². The molecule has 0 radical (unpaired) electrons. The molecule has 0 aliphatic carbocycles. The van der Waals surface area contributed by atoms with Gasteiger partial charge < -0.3 is 10.5 Å². The molecule has 2 N–H and O–H groups in total. The summed E-state index contributed by atoms with van der Waals surface area (Å²) in [6.45, 7) is 4.75. The highest BCUT2D eigenvalue weighted by Crippen LogP contribution is 2.27. The van der Waals surface area contributed by atoms with Crippen molar-refractivity contribution in [1.29, 1.82) is 0 Å². The zero-order chi connectivity index (χ0) is 10.6. The third-order valence-electron chi connectivity index (χ3n) is 2.11. The molecule has 1 aromatic carbocycles. The molecule has 1 unspecified atom stereocenters. The SMILES string of the molecule is CCOc1ccc(I)cc1C(N)CC. The van der Waals surface area contributed by atoms with E-state index in [4.69, 9.17) is 10.5 Å². The molecule has 14 heavy (non-hydrogen) atoms. The van der Waals surface area contributed by atoms with Crippen molar-refractivity contribution in [3.05, 3.63) is 27.3 Å². The lowest BCUT2D eigenvalue weighted by Crippen LogP contribution is -2.11. The fourth-order valence-electron chi connectivity index (χ4n) is 1.32. The van der Waals surface area contributed by atoms with Crippen LogP contribution in [0.4, 0.5) is 0 Å². The lowest BCUT2D eigenvalue weighted by Gasteiger charge is -2.15. The van der Waals surface area contributed by atoms with E-state index in [0.717, 1.165) is 17.7 Å². The maximum atomic E-state index is 6.01. The van der Waals surface area contributed by atoms with Gasteiger partial charge in [-0.25, -0.2) is 0 Å². The minimum Gasteiger partial charge on any atom is -0.494 e. The zero-order valence-electron chi connectivity index (χ0n) is 8.59. The van der Waals surface area contributed by atoms with Crippen molar-refractivity contribution in [2.75, 3.05) is 6.61 Å². The number of benzene rings is 1. The van der Waals surface area contributed by atoms with Gasteiger partial charge in [-0.05, 0) is 54.1 Å². The number of halogens is 1. The molecule has 1 rings (SSSR count). The van der Waals surface area contributed by atoms with Crippen LogP contribution in [0.25, 0.3) is 0 Å². The van der Waals surface area contributed by atoms with Crippen LogP contribution in [-0.2, 0) is 0 Å². The molecule has 0 aliphatic rings. The average Bonchev–Trinajstić information content (AvgIpc) is 2.20. The fraction of sp³-hybridized carbons (Fsp3) is 0.455. The Hall–Kier alpha value is -0.290. The van der Waals surface area contributed by atoms with Crippen molar-refractivity contribution in [3.63, 3.8) is 0 Å². The molecule has 0 aromatic heterocycles. The molecule has 1 atom stereocenters. The third kappa shape index (κ3) is 2.85. The van der Waals surface area contributed by atoms with Crippen molar-refractivity contribution >= 4 is 22.6 Å². The second-order valence-electron chi connectivity index (χ2n) is 3.13.